The normalized spacial score (nSPS) is 11.6. The smallest absolute Gasteiger partial charge is 0.333 e. The van der Waals surface area contributed by atoms with Gasteiger partial charge in [0.1, 0.15) is 0 Å². The molecule has 6 heteroatoms. The van der Waals surface area contributed by atoms with Crippen molar-refractivity contribution >= 4 is 17.7 Å². The highest BCUT2D eigenvalue weighted by molar-refractivity contribution is 5.95. The Morgan fingerprint density at radius 1 is 0.892 bits per heavy atom. The minimum absolute atomic E-state index is 0.0407. The summed E-state index contributed by atoms with van der Waals surface area (Å²) in [5.41, 5.74) is 4.52. The maximum Gasteiger partial charge on any atom is 0.333 e. The maximum atomic E-state index is 12.7. The predicted octanol–water partition coefficient (Wildman–Crippen LogP) is 5.79. The molecule has 1 amide bonds. The lowest BCUT2D eigenvalue weighted by Gasteiger charge is -2.19. The van der Waals surface area contributed by atoms with Gasteiger partial charge in [0.15, 0.2) is 11.9 Å². The summed E-state index contributed by atoms with van der Waals surface area (Å²) in [6.45, 7) is 2.58. The highest BCUT2D eigenvalue weighted by Crippen LogP contribution is 2.26. The van der Waals surface area contributed by atoms with Gasteiger partial charge in [0, 0.05) is 45.0 Å². The molecule has 37 heavy (non-hydrogen) atoms. The van der Waals surface area contributed by atoms with E-state index in [0.29, 0.717) is 44.4 Å². The van der Waals surface area contributed by atoms with Crippen molar-refractivity contribution in [3.05, 3.63) is 95.6 Å². The molecular formula is C31H35NO5. The Balaban J connectivity index is 1.57. The van der Waals surface area contributed by atoms with Gasteiger partial charge in [-0.05, 0) is 48.1 Å². The predicted molar refractivity (Wildman–Crippen MR) is 144 cm³/mol. The molecule has 0 saturated carbocycles. The van der Waals surface area contributed by atoms with Crippen LogP contribution in [0.15, 0.2) is 78.9 Å². The number of carbonyl (C=O) groups excluding carboxylic acids is 2. The number of aliphatic carboxylic acids is 1. The second-order valence-electron chi connectivity index (χ2n) is 9.09. The van der Waals surface area contributed by atoms with E-state index in [1.54, 1.807) is 18.9 Å². The second-order valence-corrected chi connectivity index (χ2v) is 9.09. The maximum absolute atomic E-state index is 12.7. The van der Waals surface area contributed by atoms with E-state index in [-0.39, 0.29) is 18.1 Å². The van der Waals surface area contributed by atoms with Crippen molar-refractivity contribution < 1.29 is 24.2 Å². The summed E-state index contributed by atoms with van der Waals surface area (Å²) >= 11 is 0. The van der Waals surface area contributed by atoms with Crippen LogP contribution in [0.25, 0.3) is 11.1 Å². The Labute approximate surface area is 218 Å². The summed E-state index contributed by atoms with van der Waals surface area (Å²) in [7, 11) is 1.79. The summed E-state index contributed by atoms with van der Waals surface area (Å²) in [5.74, 6) is -0.830. The van der Waals surface area contributed by atoms with Crippen LogP contribution in [0.4, 0.5) is 0 Å². The lowest BCUT2D eigenvalue weighted by molar-refractivity contribution is -0.150. The number of hydrogen-bond donors (Lipinski definition) is 1. The number of amides is 1. The molecule has 1 atom stereocenters. The van der Waals surface area contributed by atoms with Crippen LogP contribution in [0.2, 0.25) is 0 Å². The van der Waals surface area contributed by atoms with Crippen LogP contribution in [0.5, 0.6) is 0 Å². The van der Waals surface area contributed by atoms with Crippen LogP contribution in [-0.4, -0.2) is 47.4 Å². The molecule has 0 unspecified atom stereocenters. The molecule has 0 radical (unpaired) electrons. The van der Waals surface area contributed by atoms with Gasteiger partial charge < -0.3 is 14.7 Å². The number of ether oxygens (including phenoxy) is 1. The topological polar surface area (TPSA) is 83.9 Å². The zero-order chi connectivity index (χ0) is 26.6. The minimum Gasteiger partial charge on any atom is -0.479 e. The van der Waals surface area contributed by atoms with Crippen LogP contribution in [0.3, 0.4) is 0 Å². The highest BCUT2D eigenvalue weighted by atomic mass is 16.5. The number of hydrogen-bond acceptors (Lipinski definition) is 4. The largest absolute Gasteiger partial charge is 0.479 e. The molecule has 3 aromatic carbocycles. The van der Waals surface area contributed by atoms with Crippen LogP contribution in [0.1, 0.15) is 54.1 Å². The second kappa shape index (κ2) is 14.1. The number of unbranched alkanes of at least 4 members (excludes halogenated alkanes) is 1. The van der Waals surface area contributed by atoms with E-state index in [4.69, 9.17) is 4.74 Å². The van der Waals surface area contributed by atoms with Gasteiger partial charge in [-0.3, -0.25) is 9.59 Å². The molecule has 0 heterocycles. The number of Topliss-reactive ketones (excluding diaryl/α,β-unsaturated/α-hetero) is 1. The van der Waals surface area contributed by atoms with Crippen molar-refractivity contribution in [2.45, 2.75) is 51.7 Å². The van der Waals surface area contributed by atoms with Gasteiger partial charge in [-0.2, -0.15) is 0 Å². The molecule has 0 aliphatic heterocycles. The number of carboxylic acid groups (broad SMARTS) is 1. The highest BCUT2D eigenvalue weighted by Gasteiger charge is 2.20. The summed E-state index contributed by atoms with van der Waals surface area (Å²) in [5, 5.41) is 9.50. The first-order chi connectivity index (χ1) is 17.9. The number of rotatable bonds is 14. The number of ketones is 1. The Bertz CT molecular complexity index is 1190. The molecule has 0 bridgehead atoms. The fourth-order valence-corrected chi connectivity index (χ4v) is 4.32. The van der Waals surface area contributed by atoms with Gasteiger partial charge in [-0.15, -0.1) is 0 Å². The molecule has 0 aliphatic carbocycles. The van der Waals surface area contributed by atoms with Crippen molar-refractivity contribution in [1.82, 2.24) is 4.90 Å². The SMILES string of the molecule is CCO[C@@H](Cc1ccccc1-c1cccc(CN(C)C(=O)CCCCC(=O)c2ccccc2)c1)C(=O)O. The first kappa shape index (κ1) is 27.8. The fourth-order valence-electron chi connectivity index (χ4n) is 4.32. The van der Waals surface area contributed by atoms with Crippen molar-refractivity contribution in [2.75, 3.05) is 13.7 Å². The molecule has 0 saturated heterocycles. The molecule has 0 spiro atoms. The molecule has 6 nitrogen and oxygen atoms in total. The Morgan fingerprint density at radius 3 is 2.32 bits per heavy atom. The van der Waals surface area contributed by atoms with Crippen molar-refractivity contribution in [3.63, 3.8) is 0 Å². The minimum atomic E-state index is -0.977. The number of benzene rings is 3. The van der Waals surface area contributed by atoms with Crippen molar-refractivity contribution in [3.8, 4) is 11.1 Å². The third-order valence-electron chi connectivity index (χ3n) is 6.29. The van der Waals surface area contributed by atoms with E-state index in [0.717, 1.165) is 22.3 Å². The number of carbonyl (C=O) groups is 3. The molecule has 1 N–H and O–H groups in total. The zero-order valence-corrected chi connectivity index (χ0v) is 21.6. The van der Waals surface area contributed by atoms with Gasteiger partial charge in [-0.1, -0.05) is 72.8 Å². The summed E-state index contributed by atoms with van der Waals surface area (Å²) in [6.07, 6.45) is 1.55. The van der Waals surface area contributed by atoms with E-state index in [1.165, 1.54) is 0 Å². The molecular weight excluding hydrogens is 466 g/mol. The summed E-state index contributed by atoms with van der Waals surface area (Å²) < 4.78 is 5.41. The summed E-state index contributed by atoms with van der Waals surface area (Å²) in [4.78, 5) is 38.2. The van der Waals surface area contributed by atoms with Crippen LogP contribution in [0, 0.1) is 0 Å². The third kappa shape index (κ3) is 8.40. The average Bonchev–Trinajstić information content (AvgIpc) is 2.91. The monoisotopic (exact) mass is 501 g/mol. The quantitative estimate of drug-likeness (QED) is 0.223. The molecule has 194 valence electrons. The average molecular weight is 502 g/mol. The third-order valence-corrected chi connectivity index (χ3v) is 6.29. The lowest BCUT2D eigenvalue weighted by atomic mass is 9.94. The van der Waals surface area contributed by atoms with Gasteiger partial charge >= 0.3 is 5.97 Å². The summed E-state index contributed by atoms with van der Waals surface area (Å²) in [6, 6.07) is 24.9. The molecule has 0 aliphatic rings. The lowest BCUT2D eigenvalue weighted by Crippen LogP contribution is -2.26. The van der Waals surface area contributed by atoms with Gasteiger partial charge in [0.05, 0.1) is 0 Å². The van der Waals surface area contributed by atoms with E-state index in [1.807, 2.05) is 78.9 Å². The molecule has 0 fully saturated rings. The van der Waals surface area contributed by atoms with E-state index in [2.05, 4.69) is 0 Å². The van der Waals surface area contributed by atoms with E-state index in [9.17, 15) is 19.5 Å². The number of carboxylic acids is 1. The Morgan fingerprint density at radius 2 is 1.59 bits per heavy atom. The molecule has 3 aromatic rings. The first-order valence-corrected chi connectivity index (χ1v) is 12.7. The van der Waals surface area contributed by atoms with Gasteiger partial charge in [0.2, 0.25) is 5.91 Å². The van der Waals surface area contributed by atoms with Crippen molar-refractivity contribution in [2.24, 2.45) is 0 Å². The van der Waals surface area contributed by atoms with Crippen LogP contribution in [-0.2, 0) is 27.3 Å². The van der Waals surface area contributed by atoms with Crippen molar-refractivity contribution in [1.29, 1.82) is 0 Å². The van der Waals surface area contributed by atoms with Crippen LogP contribution >= 0.6 is 0 Å². The zero-order valence-electron chi connectivity index (χ0n) is 21.6. The standard InChI is InChI=1S/C31H35NO5/c1-3-37-29(31(35)36)21-26-15-7-8-17-27(26)25-16-11-12-23(20-25)22-32(2)30(34)19-10-9-18-28(33)24-13-5-4-6-14-24/h4-8,11-17,20,29H,3,9-10,18-19,21-22H2,1-2H3,(H,35,36)/t29-/m0/s1. The van der Waals surface area contributed by atoms with Gasteiger partial charge in [-0.25, -0.2) is 4.79 Å². The molecule has 0 aromatic heterocycles. The number of nitrogens with zero attached hydrogens (tertiary/aromatic N) is 1. The van der Waals surface area contributed by atoms with Gasteiger partial charge in [0.25, 0.3) is 0 Å². The van der Waals surface area contributed by atoms with E-state index < -0.39 is 12.1 Å². The molecule has 3 rings (SSSR count). The Kier molecular flexibility index (Phi) is 10.6. The fraction of sp³-hybridized carbons (Fsp3) is 0.323. The van der Waals surface area contributed by atoms with Crippen LogP contribution < -0.4 is 0 Å². The van der Waals surface area contributed by atoms with E-state index >= 15 is 0 Å². The Hall–Kier alpha value is -3.77. The first-order valence-electron chi connectivity index (χ1n) is 12.7.